The Morgan fingerprint density at radius 3 is 2.44 bits per heavy atom. The van der Waals surface area contributed by atoms with Crippen molar-refractivity contribution in [2.45, 2.75) is 45.4 Å². The average molecular weight is 523 g/mol. The van der Waals surface area contributed by atoms with Crippen LogP contribution in [-0.4, -0.2) is 71.0 Å². The molecule has 3 unspecified atom stereocenters. The maximum atomic E-state index is 13.3. The second-order valence-corrected chi connectivity index (χ2v) is 12.9. The van der Waals surface area contributed by atoms with Gasteiger partial charge < -0.3 is 9.64 Å². The van der Waals surface area contributed by atoms with Crippen LogP contribution in [0, 0.1) is 18.3 Å². The van der Waals surface area contributed by atoms with E-state index in [0.717, 1.165) is 11.8 Å². The molecule has 0 bridgehead atoms. The van der Waals surface area contributed by atoms with Gasteiger partial charge in [0.05, 0.1) is 34.7 Å². The van der Waals surface area contributed by atoms with Crippen LogP contribution in [0.15, 0.2) is 9.70 Å². The molecule has 0 spiro atoms. The molecular formula is C22H26N4O5S3. The monoisotopic (exact) mass is 522 g/mol. The minimum Gasteiger partial charge on any atom is -0.372 e. The van der Waals surface area contributed by atoms with Gasteiger partial charge in [-0.1, -0.05) is 24.0 Å². The minimum absolute atomic E-state index is 0.0178. The number of nitrogens with zero attached hydrogens (tertiary/aromatic N) is 4. The quantitative estimate of drug-likeness (QED) is 0.431. The molecule has 0 aromatic carbocycles. The fraction of sp³-hybridized carbons (Fsp3) is 0.545. The van der Waals surface area contributed by atoms with Crippen molar-refractivity contribution in [3.8, 4) is 6.07 Å². The molecule has 34 heavy (non-hydrogen) atoms. The summed E-state index contributed by atoms with van der Waals surface area (Å²) in [5.74, 6) is 0.200. The Balaban J connectivity index is 1.82. The molecule has 9 nitrogen and oxygen atoms in total. The highest BCUT2D eigenvalue weighted by Crippen LogP contribution is 2.38. The Morgan fingerprint density at radius 2 is 1.88 bits per heavy atom. The zero-order valence-electron chi connectivity index (χ0n) is 19.4. The molecule has 4 heterocycles. The van der Waals surface area contributed by atoms with E-state index >= 15 is 0 Å². The Morgan fingerprint density at radius 1 is 1.24 bits per heavy atom. The molecule has 12 heteroatoms. The Bertz CT molecular complexity index is 1300. The number of aromatic nitrogens is 1. The van der Waals surface area contributed by atoms with E-state index in [1.807, 2.05) is 24.8 Å². The highest BCUT2D eigenvalue weighted by molar-refractivity contribution is 8.26. The van der Waals surface area contributed by atoms with Crippen LogP contribution in [0.25, 0.3) is 6.08 Å². The van der Waals surface area contributed by atoms with Crippen LogP contribution in [-0.2, 0) is 26.4 Å². The molecule has 3 saturated heterocycles. The number of rotatable bonds is 3. The number of anilines is 1. The van der Waals surface area contributed by atoms with Gasteiger partial charge in [-0.25, -0.2) is 8.42 Å². The number of carbonyl (C=O) groups excluding carboxylic acids is 1. The maximum absolute atomic E-state index is 13.3. The van der Waals surface area contributed by atoms with Crippen molar-refractivity contribution in [2.75, 3.05) is 29.5 Å². The molecule has 0 radical (unpaired) electrons. The van der Waals surface area contributed by atoms with Crippen LogP contribution < -0.4 is 10.5 Å². The first-order valence-corrected chi connectivity index (χ1v) is 14.0. The molecule has 1 aromatic heterocycles. The fourth-order valence-electron chi connectivity index (χ4n) is 4.85. The lowest BCUT2D eigenvalue weighted by atomic mass is 10.0. The van der Waals surface area contributed by atoms with Gasteiger partial charge in [-0.3, -0.25) is 19.1 Å². The molecule has 4 rings (SSSR count). The molecule has 0 aliphatic carbocycles. The second kappa shape index (κ2) is 9.11. The normalized spacial score (nSPS) is 28.1. The smallest absolute Gasteiger partial charge is 0.270 e. The van der Waals surface area contributed by atoms with Crippen molar-refractivity contribution in [1.82, 2.24) is 9.47 Å². The molecule has 182 valence electrons. The van der Waals surface area contributed by atoms with E-state index in [1.165, 1.54) is 9.47 Å². The third kappa shape index (κ3) is 4.42. The van der Waals surface area contributed by atoms with Crippen LogP contribution in [0.1, 0.15) is 37.0 Å². The van der Waals surface area contributed by atoms with Crippen molar-refractivity contribution < 1.29 is 17.9 Å². The minimum atomic E-state index is -3.19. The zero-order valence-corrected chi connectivity index (χ0v) is 21.8. The van der Waals surface area contributed by atoms with E-state index in [0.29, 0.717) is 45.7 Å². The summed E-state index contributed by atoms with van der Waals surface area (Å²) in [4.78, 5) is 30.0. The lowest BCUT2D eigenvalue weighted by Gasteiger charge is -2.38. The lowest BCUT2D eigenvalue weighted by Crippen LogP contribution is -2.47. The lowest BCUT2D eigenvalue weighted by molar-refractivity contribution is -0.123. The van der Waals surface area contributed by atoms with Crippen LogP contribution in [0.3, 0.4) is 0 Å². The van der Waals surface area contributed by atoms with Gasteiger partial charge in [-0.15, -0.1) is 0 Å². The highest BCUT2D eigenvalue weighted by atomic mass is 32.2. The number of sulfone groups is 1. The van der Waals surface area contributed by atoms with E-state index in [4.69, 9.17) is 17.0 Å². The number of ether oxygens (including phenoxy) is 1. The highest BCUT2D eigenvalue weighted by Gasteiger charge is 2.42. The van der Waals surface area contributed by atoms with Crippen LogP contribution in [0.2, 0.25) is 0 Å². The van der Waals surface area contributed by atoms with Gasteiger partial charge >= 0.3 is 0 Å². The summed E-state index contributed by atoms with van der Waals surface area (Å²) in [6.45, 7) is 6.71. The van der Waals surface area contributed by atoms with Gasteiger partial charge in [0.1, 0.15) is 21.8 Å². The summed E-state index contributed by atoms with van der Waals surface area (Å²) < 4.78 is 31.5. The summed E-state index contributed by atoms with van der Waals surface area (Å²) in [6, 6.07) is 1.53. The molecular weight excluding hydrogens is 496 g/mol. The van der Waals surface area contributed by atoms with E-state index < -0.39 is 21.4 Å². The number of morpholine rings is 1. The Labute approximate surface area is 208 Å². The average Bonchev–Trinajstić information content (AvgIpc) is 3.23. The summed E-state index contributed by atoms with van der Waals surface area (Å²) in [5, 5.41) is 9.65. The number of thioether (sulfide) groups is 1. The topological polar surface area (TPSA) is 113 Å². The van der Waals surface area contributed by atoms with Gasteiger partial charge in [0, 0.05) is 25.7 Å². The largest absolute Gasteiger partial charge is 0.372 e. The standard InChI is InChI=1S/C22H26N4O5S3/c1-12-9-25(10-13(2)31-12)19-16(14(3)17(8-23)20(27)24(19)4)7-18-21(28)26(22(32)33-18)15-5-6-34(29,30)11-15/h7,12-13,15H,5-6,9-11H2,1-4H3/b18-7+. The number of amides is 1. The van der Waals surface area contributed by atoms with E-state index in [9.17, 15) is 23.3 Å². The summed E-state index contributed by atoms with van der Waals surface area (Å²) >= 11 is 6.55. The molecule has 1 aromatic rings. The van der Waals surface area contributed by atoms with Gasteiger partial charge in [-0.2, -0.15) is 5.26 Å². The summed E-state index contributed by atoms with van der Waals surface area (Å²) in [5.41, 5.74) is 0.701. The predicted molar refractivity (Wildman–Crippen MR) is 135 cm³/mol. The van der Waals surface area contributed by atoms with Crippen molar-refractivity contribution in [1.29, 1.82) is 5.26 Å². The Kier molecular flexibility index (Phi) is 6.67. The van der Waals surface area contributed by atoms with Gasteiger partial charge in [0.25, 0.3) is 11.5 Å². The summed E-state index contributed by atoms with van der Waals surface area (Å²) in [6.07, 6.45) is 1.91. The third-order valence-corrected chi connectivity index (χ3v) is 9.44. The number of hydrogen-bond donors (Lipinski definition) is 0. The van der Waals surface area contributed by atoms with Crippen molar-refractivity contribution >= 4 is 55.9 Å². The van der Waals surface area contributed by atoms with Crippen molar-refractivity contribution in [3.63, 3.8) is 0 Å². The predicted octanol–water partition coefficient (Wildman–Crippen LogP) is 1.57. The number of hydrogen-bond acceptors (Lipinski definition) is 9. The molecule has 3 aliphatic heterocycles. The SMILES string of the molecule is Cc1c(/C=C2/SC(=S)N(C3CCS(=O)(=O)C3)C2=O)c(N2CC(C)OC(C)C2)n(C)c(=O)c1C#N. The van der Waals surface area contributed by atoms with Crippen molar-refractivity contribution in [2.24, 2.45) is 7.05 Å². The molecule has 0 saturated carbocycles. The fourth-order valence-corrected chi connectivity index (χ4v) is 7.93. The second-order valence-electron chi connectivity index (χ2n) is 8.98. The first-order valence-electron chi connectivity index (χ1n) is 10.9. The number of pyridine rings is 1. The molecule has 3 fully saturated rings. The van der Waals surface area contributed by atoms with E-state index in [-0.39, 0.29) is 35.2 Å². The van der Waals surface area contributed by atoms with Crippen LogP contribution in [0.5, 0.6) is 0 Å². The van der Waals surface area contributed by atoms with Crippen LogP contribution in [0.4, 0.5) is 5.82 Å². The molecule has 1 amide bonds. The third-order valence-electron chi connectivity index (χ3n) is 6.36. The number of thiocarbonyl (C=S) groups is 1. The number of nitriles is 1. The molecule has 0 N–H and O–H groups in total. The van der Waals surface area contributed by atoms with Crippen LogP contribution >= 0.6 is 24.0 Å². The first-order chi connectivity index (χ1) is 15.9. The van der Waals surface area contributed by atoms with Crippen molar-refractivity contribution in [3.05, 3.63) is 31.9 Å². The Hall–Kier alpha value is -2.20. The number of carbonyl (C=O) groups is 1. The van der Waals surface area contributed by atoms with E-state index in [1.54, 1.807) is 20.0 Å². The first kappa shape index (κ1) is 24.9. The molecule has 3 atom stereocenters. The van der Waals surface area contributed by atoms with E-state index in [2.05, 4.69) is 0 Å². The summed E-state index contributed by atoms with van der Waals surface area (Å²) in [7, 11) is -1.57. The maximum Gasteiger partial charge on any atom is 0.270 e. The zero-order chi connectivity index (χ0) is 24.9. The van der Waals surface area contributed by atoms with Gasteiger partial charge in [-0.05, 0) is 38.8 Å². The van der Waals surface area contributed by atoms with Gasteiger partial charge in [0.2, 0.25) is 0 Å². The van der Waals surface area contributed by atoms with Gasteiger partial charge in [0.15, 0.2) is 9.84 Å². The molecule has 3 aliphatic rings.